The molecule has 0 heterocycles. The number of nitrogens with two attached hydrogens (primary N) is 1. The monoisotopic (exact) mass is 264 g/mol. The van der Waals surface area contributed by atoms with E-state index in [2.05, 4.69) is 26.1 Å². The molecular formula is C15H24N2O2. The minimum Gasteiger partial charge on any atom is -0.399 e. The van der Waals surface area contributed by atoms with Gasteiger partial charge in [-0.25, -0.2) is 0 Å². The summed E-state index contributed by atoms with van der Waals surface area (Å²) in [5.41, 5.74) is 7.16. The summed E-state index contributed by atoms with van der Waals surface area (Å²) in [4.78, 5) is 12.0. The molecule has 4 nitrogen and oxygen atoms in total. The van der Waals surface area contributed by atoms with E-state index in [-0.39, 0.29) is 24.0 Å². The number of carbonyl (C=O) groups is 1. The average Bonchev–Trinajstić information content (AvgIpc) is 2.30. The van der Waals surface area contributed by atoms with E-state index in [9.17, 15) is 4.79 Å². The zero-order chi connectivity index (χ0) is 14.5. The highest BCUT2D eigenvalue weighted by atomic mass is 16.3. The van der Waals surface area contributed by atoms with Gasteiger partial charge in [0.2, 0.25) is 5.91 Å². The van der Waals surface area contributed by atoms with Crippen molar-refractivity contribution in [2.45, 2.75) is 39.7 Å². The average molecular weight is 264 g/mol. The third-order valence-electron chi connectivity index (χ3n) is 3.14. The number of aliphatic hydroxyl groups is 1. The molecule has 4 heteroatoms. The van der Waals surface area contributed by atoms with Crippen LogP contribution in [0.4, 0.5) is 5.69 Å². The van der Waals surface area contributed by atoms with E-state index in [0.29, 0.717) is 18.5 Å². The number of rotatable bonds is 5. The first-order valence-corrected chi connectivity index (χ1v) is 6.57. The number of aliphatic hydroxyl groups excluding tert-OH is 1. The van der Waals surface area contributed by atoms with Gasteiger partial charge in [-0.05, 0) is 29.5 Å². The second-order valence-electron chi connectivity index (χ2n) is 5.92. The van der Waals surface area contributed by atoms with Crippen LogP contribution in [0.1, 0.15) is 32.8 Å². The van der Waals surface area contributed by atoms with E-state index in [1.807, 2.05) is 12.1 Å². The topological polar surface area (TPSA) is 75.3 Å². The molecule has 0 radical (unpaired) electrons. The minimum atomic E-state index is -0.0699. The van der Waals surface area contributed by atoms with Gasteiger partial charge < -0.3 is 16.2 Å². The highest BCUT2D eigenvalue weighted by Gasteiger charge is 2.25. The van der Waals surface area contributed by atoms with E-state index in [4.69, 9.17) is 10.8 Å². The summed E-state index contributed by atoms with van der Waals surface area (Å²) in [6, 6.07) is 7.26. The molecular weight excluding hydrogens is 240 g/mol. The van der Waals surface area contributed by atoms with E-state index in [1.54, 1.807) is 12.1 Å². The lowest BCUT2D eigenvalue weighted by atomic mass is 9.85. The lowest BCUT2D eigenvalue weighted by Crippen LogP contribution is -2.44. The second kappa shape index (κ2) is 6.57. The molecule has 106 valence electrons. The maximum Gasteiger partial charge on any atom is 0.224 e. The van der Waals surface area contributed by atoms with Gasteiger partial charge in [0, 0.05) is 18.3 Å². The molecule has 4 N–H and O–H groups in total. The number of benzene rings is 1. The Bertz CT molecular complexity index is 407. The van der Waals surface area contributed by atoms with Crippen LogP contribution < -0.4 is 11.1 Å². The fourth-order valence-corrected chi connectivity index (χ4v) is 1.92. The predicted octanol–water partition coefficient (Wildman–Crippen LogP) is 1.72. The molecule has 1 rings (SSSR count). The SMILES string of the molecule is CC(C)(C)C(CCO)NC(=O)Cc1ccc(N)cc1. The van der Waals surface area contributed by atoms with Crippen molar-refractivity contribution in [2.75, 3.05) is 12.3 Å². The highest BCUT2D eigenvalue weighted by molar-refractivity contribution is 5.79. The van der Waals surface area contributed by atoms with Crippen molar-refractivity contribution in [1.29, 1.82) is 0 Å². The fraction of sp³-hybridized carbons (Fsp3) is 0.533. The molecule has 1 unspecified atom stereocenters. The zero-order valence-corrected chi connectivity index (χ0v) is 11.9. The predicted molar refractivity (Wildman–Crippen MR) is 77.6 cm³/mol. The molecule has 0 aliphatic carbocycles. The molecule has 0 aliphatic rings. The third-order valence-corrected chi connectivity index (χ3v) is 3.14. The Morgan fingerprint density at radius 1 is 1.32 bits per heavy atom. The molecule has 1 aromatic rings. The number of hydrogen-bond donors (Lipinski definition) is 3. The first-order valence-electron chi connectivity index (χ1n) is 6.57. The van der Waals surface area contributed by atoms with Crippen LogP contribution in [0, 0.1) is 5.41 Å². The van der Waals surface area contributed by atoms with Crippen molar-refractivity contribution < 1.29 is 9.90 Å². The van der Waals surface area contributed by atoms with Crippen LogP contribution in [0.15, 0.2) is 24.3 Å². The van der Waals surface area contributed by atoms with Crippen LogP contribution >= 0.6 is 0 Å². The summed E-state index contributed by atoms with van der Waals surface area (Å²) in [7, 11) is 0. The molecule has 0 aromatic heterocycles. The van der Waals surface area contributed by atoms with E-state index < -0.39 is 0 Å². The molecule has 19 heavy (non-hydrogen) atoms. The van der Waals surface area contributed by atoms with Gasteiger partial charge in [0.1, 0.15) is 0 Å². The number of hydrogen-bond acceptors (Lipinski definition) is 3. The van der Waals surface area contributed by atoms with Crippen molar-refractivity contribution in [2.24, 2.45) is 5.41 Å². The van der Waals surface area contributed by atoms with Crippen molar-refractivity contribution in [3.05, 3.63) is 29.8 Å². The Morgan fingerprint density at radius 2 is 1.89 bits per heavy atom. The molecule has 1 aromatic carbocycles. The van der Waals surface area contributed by atoms with Gasteiger partial charge in [-0.3, -0.25) is 4.79 Å². The van der Waals surface area contributed by atoms with Gasteiger partial charge in [0.05, 0.1) is 6.42 Å². The highest BCUT2D eigenvalue weighted by Crippen LogP contribution is 2.21. The standard InChI is InChI=1S/C15H24N2O2/c1-15(2,3)13(8-9-18)17-14(19)10-11-4-6-12(16)7-5-11/h4-7,13,18H,8-10,16H2,1-3H3,(H,17,19). The molecule has 0 bridgehead atoms. The van der Waals surface area contributed by atoms with E-state index >= 15 is 0 Å². The Labute approximate surface area is 115 Å². The first kappa shape index (κ1) is 15.5. The van der Waals surface area contributed by atoms with Crippen molar-refractivity contribution in [3.8, 4) is 0 Å². The number of nitrogen functional groups attached to an aromatic ring is 1. The largest absolute Gasteiger partial charge is 0.399 e. The van der Waals surface area contributed by atoms with Crippen molar-refractivity contribution >= 4 is 11.6 Å². The molecule has 1 atom stereocenters. The van der Waals surface area contributed by atoms with Crippen molar-refractivity contribution in [1.82, 2.24) is 5.32 Å². The Morgan fingerprint density at radius 3 is 2.37 bits per heavy atom. The first-order chi connectivity index (χ1) is 8.82. The number of nitrogens with one attached hydrogen (secondary N) is 1. The molecule has 0 saturated carbocycles. The summed E-state index contributed by atoms with van der Waals surface area (Å²) in [6.07, 6.45) is 0.898. The second-order valence-corrected chi connectivity index (χ2v) is 5.92. The number of anilines is 1. The van der Waals surface area contributed by atoms with Gasteiger partial charge in [-0.1, -0.05) is 32.9 Å². The Hall–Kier alpha value is -1.55. The van der Waals surface area contributed by atoms with Crippen LogP contribution in [0.25, 0.3) is 0 Å². The zero-order valence-electron chi connectivity index (χ0n) is 11.9. The lowest BCUT2D eigenvalue weighted by Gasteiger charge is -2.31. The number of amides is 1. The maximum atomic E-state index is 12.0. The minimum absolute atomic E-state index is 0.0289. The number of carbonyl (C=O) groups excluding carboxylic acids is 1. The fourth-order valence-electron chi connectivity index (χ4n) is 1.92. The van der Waals surface area contributed by atoms with Gasteiger partial charge in [-0.2, -0.15) is 0 Å². The van der Waals surface area contributed by atoms with Crippen LogP contribution in [-0.2, 0) is 11.2 Å². The van der Waals surface area contributed by atoms with Gasteiger partial charge in [-0.15, -0.1) is 0 Å². The third kappa shape index (κ3) is 5.30. The Kier molecular flexibility index (Phi) is 5.36. The van der Waals surface area contributed by atoms with Gasteiger partial charge in [0.25, 0.3) is 0 Å². The quantitative estimate of drug-likeness (QED) is 0.709. The lowest BCUT2D eigenvalue weighted by molar-refractivity contribution is -0.122. The summed E-state index contributed by atoms with van der Waals surface area (Å²) in [5.74, 6) is -0.0295. The summed E-state index contributed by atoms with van der Waals surface area (Å²) < 4.78 is 0. The molecule has 0 aliphatic heterocycles. The molecule has 0 fully saturated rings. The van der Waals surface area contributed by atoms with Gasteiger partial charge in [0.15, 0.2) is 0 Å². The molecule has 0 saturated heterocycles. The summed E-state index contributed by atoms with van der Waals surface area (Å²) in [6.45, 7) is 6.23. The van der Waals surface area contributed by atoms with Crippen LogP contribution in [0.5, 0.6) is 0 Å². The van der Waals surface area contributed by atoms with E-state index in [0.717, 1.165) is 5.56 Å². The maximum absolute atomic E-state index is 12.0. The smallest absolute Gasteiger partial charge is 0.224 e. The van der Waals surface area contributed by atoms with Crippen LogP contribution in [0.2, 0.25) is 0 Å². The Balaban J connectivity index is 2.60. The normalized spacial score (nSPS) is 13.1. The van der Waals surface area contributed by atoms with Crippen LogP contribution in [-0.4, -0.2) is 23.7 Å². The molecule has 1 amide bonds. The van der Waals surface area contributed by atoms with Gasteiger partial charge >= 0.3 is 0 Å². The summed E-state index contributed by atoms with van der Waals surface area (Å²) in [5, 5.41) is 12.1. The summed E-state index contributed by atoms with van der Waals surface area (Å²) >= 11 is 0. The van der Waals surface area contributed by atoms with Crippen molar-refractivity contribution in [3.63, 3.8) is 0 Å². The molecule has 0 spiro atoms. The van der Waals surface area contributed by atoms with Crippen LogP contribution in [0.3, 0.4) is 0 Å². The van der Waals surface area contributed by atoms with E-state index in [1.165, 1.54) is 0 Å².